The zero-order valence-corrected chi connectivity index (χ0v) is 17.2. The molecule has 0 saturated heterocycles. The number of hydrogen-bond acceptors (Lipinski definition) is 4. The SMILES string of the molecule is COc1cc2ccccc2c2c1OC1(C=C2)C=Cc2c(c(OC)cc3ccccc23)O1. The van der Waals surface area contributed by atoms with Gasteiger partial charge in [0.15, 0.2) is 23.0 Å². The van der Waals surface area contributed by atoms with Gasteiger partial charge in [0.2, 0.25) is 0 Å². The van der Waals surface area contributed by atoms with Crippen molar-refractivity contribution >= 4 is 33.7 Å². The third-order valence-corrected chi connectivity index (χ3v) is 5.94. The molecule has 0 radical (unpaired) electrons. The highest BCUT2D eigenvalue weighted by Gasteiger charge is 2.39. The van der Waals surface area contributed by atoms with Crippen molar-refractivity contribution in [2.45, 2.75) is 5.79 Å². The van der Waals surface area contributed by atoms with Gasteiger partial charge in [-0.15, -0.1) is 0 Å². The molecule has 0 aromatic heterocycles. The smallest absolute Gasteiger partial charge is 0.292 e. The summed E-state index contributed by atoms with van der Waals surface area (Å²) in [6, 6.07) is 20.4. The summed E-state index contributed by atoms with van der Waals surface area (Å²) in [4.78, 5) is 0. The van der Waals surface area contributed by atoms with Crippen LogP contribution in [0.5, 0.6) is 23.0 Å². The maximum Gasteiger partial charge on any atom is 0.292 e. The van der Waals surface area contributed by atoms with Crippen molar-refractivity contribution in [2.24, 2.45) is 0 Å². The Kier molecular flexibility index (Phi) is 3.78. The lowest BCUT2D eigenvalue weighted by Crippen LogP contribution is -2.41. The Morgan fingerprint density at radius 2 is 1.10 bits per heavy atom. The molecule has 0 aliphatic carbocycles. The van der Waals surface area contributed by atoms with Crippen LogP contribution in [0.15, 0.2) is 72.8 Å². The highest BCUT2D eigenvalue weighted by atomic mass is 16.7. The van der Waals surface area contributed by atoms with Gasteiger partial charge in [-0.1, -0.05) is 48.5 Å². The van der Waals surface area contributed by atoms with Crippen LogP contribution >= 0.6 is 0 Å². The summed E-state index contributed by atoms with van der Waals surface area (Å²) in [5, 5.41) is 4.41. The van der Waals surface area contributed by atoms with Crippen LogP contribution in [-0.2, 0) is 0 Å². The number of fused-ring (bicyclic) bond motifs is 6. The molecule has 0 unspecified atom stereocenters. The minimum absolute atomic E-state index is 0.663. The topological polar surface area (TPSA) is 36.9 Å². The van der Waals surface area contributed by atoms with E-state index in [0.29, 0.717) is 23.0 Å². The lowest BCUT2D eigenvalue weighted by atomic mass is 9.96. The van der Waals surface area contributed by atoms with Crippen LogP contribution in [-0.4, -0.2) is 20.0 Å². The molecule has 0 fully saturated rings. The molecule has 2 aliphatic heterocycles. The van der Waals surface area contributed by atoms with Crippen LogP contribution in [0.4, 0.5) is 0 Å². The first-order valence-electron chi connectivity index (χ1n) is 10.2. The maximum atomic E-state index is 6.48. The molecule has 0 atom stereocenters. The molecule has 1 spiro atoms. The van der Waals surface area contributed by atoms with Crippen LogP contribution in [0.1, 0.15) is 11.1 Å². The molecule has 152 valence electrons. The molecule has 0 amide bonds. The van der Waals surface area contributed by atoms with Crippen LogP contribution in [0.25, 0.3) is 33.7 Å². The third kappa shape index (κ3) is 2.61. The van der Waals surface area contributed by atoms with Crippen molar-refractivity contribution in [3.8, 4) is 23.0 Å². The highest BCUT2D eigenvalue weighted by molar-refractivity contribution is 5.97. The van der Waals surface area contributed by atoms with Crippen molar-refractivity contribution in [3.05, 3.63) is 83.9 Å². The van der Waals surface area contributed by atoms with Crippen LogP contribution in [0.3, 0.4) is 0 Å². The van der Waals surface area contributed by atoms with Gasteiger partial charge in [-0.2, -0.15) is 0 Å². The molecular weight excluding hydrogens is 388 g/mol. The molecule has 2 heterocycles. The fourth-order valence-corrected chi connectivity index (χ4v) is 4.44. The van der Waals surface area contributed by atoms with E-state index in [1.807, 2.05) is 60.7 Å². The third-order valence-electron chi connectivity index (χ3n) is 5.94. The fraction of sp³-hybridized carbons (Fsp3) is 0.111. The minimum atomic E-state index is -1.08. The van der Waals surface area contributed by atoms with E-state index in [9.17, 15) is 0 Å². The number of benzene rings is 4. The van der Waals surface area contributed by atoms with Gasteiger partial charge in [-0.25, -0.2) is 0 Å². The van der Waals surface area contributed by atoms with E-state index in [1.165, 1.54) is 0 Å². The van der Waals surface area contributed by atoms with Gasteiger partial charge in [-0.3, -0.25) is 0 Å². The number of hydrogen-bond donors (Lipinski definition) is 0. The summed E-state index contributed by atoms with van der Waals surface area (Å²) >= 11 is 0. The summed E-state index contributed by atoms with van der Waals surface area (Å²) in [6.45, 7) is 0. The second-order valence-corrected chi connectivity index (χ2v) is 7.68. The summed E-state index contributed by atoms with van der Waals surface area (Å²) in [6.07, 6.45) is 7.98. The van der Waals surface area contributed by atoms with Gasteiger partial charge in [0.25, 0.3) is 5.79 Å². The Labute approximate surface area is 179 Å². The molecule has 2 aliphatic rings. The Morgan fingerprint density at radius 3 is 1.55 bits per heavy atom. The first-order chi connectivity index (χ1) is 15.2. The molecule has 0 bridgehead atoms. The summed E-state index contributed by atoms with van der Waals surface area (Å²) in [5.74, 6) is 1.59. The van der Waals surface area contributed by atoms with E-state index >= 15 is 0 Å². The average molecular weight is 408 g/mol. The molecule has 0 saturated carbocycles. The van der Waals surface area contributed by atoms with Crippen molar-refractivity contribution in [3.63, 3.8) is 0 Å². The Morgan fingerprint density at radius 1 is 0.645 bits per heavy atom. The molecule has 4 aromatic carbocycles. The lowest BCUT2D eigenvalue weighted by molar-refractivity contribution is -0.0335. The fourth-order valence-electron chi connectivity index (χ4n) is 4.44. The lowest BCUT2D eigenvalue weighted by Gasteiger charge is -2.36. The van der Waals surface area contributed by atoms with E-state index < -0.39 is 5.79 Å². The van der Waals surface area contributed by atoms with Crippen LogP contribution < -0.4 is 18.9 Å². The van der Waals surface area contributed by atoms with Gasteiger partial charge >= 0.3 is 0 Å². The molecule has 4 aromatic rings. The molecular formula is C27H20O4. The Balaban J connectivity index is 1.52. The van der Waals surface area contributed by atoms with Gasteiger partial charge in [0, 0.05) is 23.3 Å². The van der Waals surface area contributed by atoms with E-state index in [4.69, 9.17) is 18.9 Å². The van der Waals surface area contributed by atoms with Crippen molar-refractivity contribution < 1.29 is 18.9 Å². The number of ether oxygens (including phenoxy) is 4. The second kappa shape index (κ2) is 6.54. The van der Waals surface area contributed by atoms with Crippen molar-refractivity contribution in [2.75, 3.05) is 14.2 Å². The van der Waals surface area contributed by atoms with Crippen LogP contribution in [0, 0.1) is 0 Å². The van der Waals surface area contributed by atoms with Gasteiger partial charge in [0.05, 0.1) is 14.2 Å². The van der Waals surface area contributed by atoms with Gasteiger partial charge in [0.1, 0.15) is 0 Å². The molecule has 6 rings (SSSR count). The van der Waals surface area contributed by atoms with Crippen molar-refractivity contribution in [1.82, 2.24) is 0 Å². The van der Waals surface area contributed by atoms with Crippen LogP contribution in [0.2, 0.25) is 0 Å². The second-order valence-electron chi connectivity index (χ2n) is 7.68. The number of methoxy groups -OCH3 is 2. The normalized spacial score (nSPS) is 15.3. The quantitative estimate of drug-likeness (QED) is 0.395. The Hall–Kier alpha value is -3.92. The standard InChI is InChI=1S/C27H20O4/c1-28-23-15-17-7-3-5-9-19(17)21-11-13-27(30-25(21)23)14-12-22-20-10-6-4-8-18(20)16-24(29-2)26(22)31-27/h3-16H,1-2H3. The van der Waals surface area contributed by atoms with Gasteiger partial charge in [-0.05, 0) is 45.8 Å². The first kappa shape index (κ1) is 17.9. The van der Waals surface area contributed by atoms with E-state index in [-0.39, 0.29) is 0 Å². The Bertz CT molecular complexity index is 1300. The molecule has 31 heavy (non-hydrogen) atoms. The average Bonchev–Trinajstić information content (AvgIpc) is 2.82. The summed E-state index contributed by atoms with van der Waals surface area (Å²) in [7, 11) is 3.31. The van der Waals surface area contributed by atoms with E-state index in [2.05, 4.69) is 24.3 Å². The van der Waals surface area contributed by atoms with E-state index in [0.717, 1.165) is 32.7 Å². The summed E-state index contributed by atoms with van der Waals surface area (Å²) in [5.41, 5.74) is 1.96. The predicted octanol–water partition coefficient (Wildman–Crippen LogP) is 6.22. The van der Waals surface area contributed by atoms with Crippen molar-refractivity contribution in [1.29, 1.82) is 0 Å². The predicted molar refractivity (Wildman–Crippen MR) is 123 cm³/mol. The monoisotopic (exact) mass is 408 g/mol. The number of rotatable bonds is 2. The maximum absolute atomic E-state index is 6.48. The zero-order chi connectivity index (χ0) is 21.0. The molecule has 4 nitrogen and oxygen atoms in total. The molecule has 0 N–H and O–H groups in total. The largest absolute Gasteiger partial charge is 0.493 e. The highest BCUT2D eigenvalue weighted by Crippen LogP contribution is 2.48. The summed E-state index contributed by atoms with van der Waals surface area (Å²) < 4.78 is 24.3. The minimum Gasteiger partial charge on any atom is -0.493 e. The zero-order valence-electron chi connectivity index (χ0n) is 17.2. The molecule has 4 heteroatoms. The van der Waals surface area contributed by atoms with Gasteiger partial charge < -0.3 is 18.9 Å². The first-order valence-corrected chi connectivity index (χ1v) is 10.2. The van der Waals surface area contributed by atoms with E-state index in [1.54, 1.807) is 14.2 Å².